The second-order valence-corrected chi connectivity index (χ2v) is 7.39. The summed E-state index contributed by atoms with van der Waals surface area (Å²) in [5, 5.41) is 8.92. The number of hydrogen-bond donors (Lipinski definition) is 2. The van der Waals surface area contributed by atoms with Crippen LogP contribution in [0.4, 0.5) is 0 Å². The Bertz CT molecular complexity index is 684. The van der Waals surface area contributed by atoms with Gasteiger partial charge in [-0.25, -0.2) is 0 Å². The number of thiophene rings is 1. The lowest BCUT2D eigenvalue weighted by molar-refractivity contribution is 0.411. The fraction of sp³-hybridized carbons (Fsp3) is 0.421. The molecule has 0 fully saturated rings. The summed E-state index contributed by atoms with van der Waals surface area (Å²) in [6.07, 6.45) is 0. The third-order valence-corrected chi connectivity index (χ3v) is 5.26. The van der Waals surface area contributed by atoms with Gasteiger partial charge in [-0.2, -0.15) is 0 Å². The Balaban J connectivity index is 0.00000312. The van der Waals surface area contributed by atoms with Crippen molar-refractivity contribution in [2.75, 3.05) is 20.7 Å². The molecule has 1 aromatic carbocycles. The molecule has 1 aromatic heterocycles. The van der Waals surface area contributed by atoms with Crippen LogP contribution in [0.25, 0.3) is 0 Å². The van der Waals surface area contributed by atoms with Crippen LogP contribution in [-0.2, 0) is 12.0 Å². The normalized spacial score (nSPS) is 11.6. The number of benzene rings is 1. The molecule has 0 atom stereocenters. The molecule has 0 bridgehead atoms. The van der Waals surface area contributed by atoms with Crippen molar-refractivity contribution in [2.24, 2.45) is 4.99 Å². The first-order valence-corrected chi connectivity index (χ1v) is 8.96. The standard InChI is InChI=1S/C19H27N3OS.HI/c1-14-11-15(8-9-16(14)23-5)12-21-18(20-4)22-13-19(2,3)17-7-6-10-24-17;/h6-11H,12-13H2,1-5H3,(H2,20,21,22);1H. The number of aryl methyl sites for hydroxylation is 1. The van der Waals surface area contributed by atoms with E-state index in [-0.39, 0.29) is 29.4 Å². The third-order valence-electron chi connectivity index (χ3n) is 4.03. The maximum atomic E-state index is 5.30. The Hall–Kier alpha value is -1.28. The Labute approximate surface area is 172 Å². The van der Waals surface area contributed by atoms with E-state index in [1.807, 2.05) is 6.07 Å². The van der Waals surface area contributed by atoms with Crippen molar-refractivity contribution < 1.29 is 4.74 Å². The van der Waals surface area contributed by atoms with Crippen molar-refractivity contribution >= 4 is 41.3 Å². The van der Waals surface area contributed by atoms with Crippen LogP contribution in [0.3, 0.4) is 0 Å². The summed E-state index contributed by atoms with van der Waals surface area (Å²) in [4.78, 5) is 5.69. The fourth-order valence-corrected chi connectivity index (χ4v) is 3.36. The van der Waals surface area contributed by atoms with E-state index < -0.39 is 0 Å². The van der Waals surface area contributed by atoms with E-state index in [4.69, 9.17) is 4.74 Å². The summed E-state index contributed by atoms with van der Waals surface area (Å²) in [6, 6.07) is 10.5. The Morgan fingerprint density at radius 3 is 2.56 bits per heavy atom. The monoisotopic (exact) mass is 473 g/mol. The molecule has 1 heterocycles. The largest absolute Gasteiger partial charge is 0.496 e. The Kier molecular flexibility index (Phi) is 8.71. The number of hydrogen-bond acceptors (Lipinski definition) is 3. The average molecular weight is 473 g/mol. The van der Waals surface area contributed by atoms with E-state index in [1.54, 1.807) is 25.5 Å². The van der Waals surface area contributed by atoms with Crippen molar-refractivity contribution in [1.82, 2.24) is 10.6 Å². The van der Waals surface area contributed by atoms with Gasteiger partial charge in [0.1, 0.15) is 5.75 Å². The van der Waals surface area contributed by atoms with E-state index in [0.717, 1.165) is 30.4 Å². The summed E-state index contributed by atoms with van der Waals surface area (Å²) in [5.74, 6) is 1.73. The van der Waals surface area contributed by atoms with Gasteiger partial charge in [-0.1, -0.05) is 32.0 Å². The highest BCUT2D eigenvalue weighted by Crippen LogP contribution is 2.26. The van der Waals surface area contributed by atoms with E-state index >= 15 is 0 Å². The molecule has 0 aliphatic heterocycles. The first-order chi connectivity index (χ1) is 11.5. The minimum Gasteiger partial charge on any atom is -0.496 e. The van der Waals surface area contributed by atoms with Gasteiger partial charge in [0.2, 0.25) is 0 Å². The van der Waals surface area contributed by atoms with Crippen molar-refractivity contribution in [3.05, 3.63) is 51.7 Å². The van der Waals surface area contributed by atoms with Gasteiger partial charge < -0.3 is 15.4 Å². The number of nitrogens with one attached hydrogen (secondary N) is 2. The van der Waals surface area contributed by atoms with E-state index in [2.05, 4.69) is 66.0 Å². The fourth-order valence-electron chi connectivity index (χ4n) is 2.51. The van der Waals surface area contributed by atoms with Gasteiger partial charge in [0.05, 0.1) is 7.11 Å². The maximum absolute atomic E-state index is 5.30. The molecule has 25 heavy (non-hydrogen) atoms. The van der Waals surface area contributed by atoms with Crippen LogP contribution in [0.2, 0.25) is 0 Å². The van der Waals surface area contributed by atoms with E-state index in [0.29, 0.717) is 0 Å². The van der Waals surface area contributed by atoms with Crippen LogP contribution >= 0.6 is 35.3 Å². The van der Waals surface area contributed by atoms with Crippen LogP contribution in [0.15, 0.2) is 40.7 Å². The van der Waals surface area contributed by atoms with Crippen LogP contribution < -0.4 is 15.4 Å². The highest BCUT2D eigenvalue weighted by atomic mass is 127. The zero-order chi connectivity index (χ0) is 17.6. The second kappa shape index (κ2) is 10.0. The molecule has 138 valence electrons. The number of aliphatic imine (C=N–C) groups is 1. The van der Waals surface area contributed by atoms with Crippen LogP contribution in [0.1, 0.15) is 29.9 Å². The predicted octanol–water partition coefficient (Wildman–Crippen LogP) is 4.33. The molecular weight excluding hydrogens is 445 g/mol. The van der Waals surface area contributed by atoms with Crippen molar-refractivity contribution in [3.63, 3.8) is 0 Å². The predicted molar refractivity (Wildman–Crippen MR) is 119 cm³/mol. The lowest BCUT2D eigenvalue weighted by Gasteiger charge is -2.25. The molecule has 0 amide bonds. The second-order valence-electron chi connectivity index (χ2n) is 6.44. The van der Waals surface area contributed by atoms with Crippen LogP contribution in [-0.4, -0.2) is 26.7 Å². The van der Waals surface area contributed by atoms with Crippen molar-refractivity contribution in [1.29, 1.82) is 0 Å². The van der Waals surface area contributed by atoms with Crippen LogP contribution in [0, 0.1) is 6.92 Å². The minimum atomic E-state index is 0. The third kappa shape index (κ3) is 6.18. The number of methoxy groups -OCH3 is 1. The molecule has 2 N–H and O–H groups in total. The van der Waals surface area contributed by atoms with Gasteiger partial charge in [0, 0.05) is 30.4 Å². The average Bonchev–Trinajstić information content (AvgIpc) is 3.10. The topological polar surface area (TPSA) is 45.7 Å². The molecule has 2 rings (SSSR count). The number of nitrogens with zero attached hydrogens (tertiary/aromatic N) is 1. The smallest absolute Gasteiger partial charge is 0.191 e. The summed E-state index contributed by atoms with van der Waals surface area (Å²) < 4.78 is 5.30. The number of halogens is 1. The quantitative estimate of drug-likeness (QED) is 0.373. The first kappa shape index (κ1) is 21.8. The summed E-state index contributed by atoms with van der Waals surface area (Å²) >= 11 is 1.79. The van der Waals surface area contributed by atoms with Gasteiger partial charge in [0.15, 0.2) is 5.96 Å². The van der Waals surface area contributed by atoms with Gasteiger partial charge >= 0.3 is 0 Å². The summed E-state index contributed by atoms with van der Waals surface area (Å²) in [5.41, 5.74) is 2.41. The van der Waals surface area contributed by atoms with Crippen molar-refractivity contribution in [3.8, 4) is 5.75 Å². The first-order valence-electron chi connectivity index (χ1n) is 8.08. The summed E-state index contributed by atoms with van der Waals surface area (Å²) in [6.45, 7) is 8.09. The molecule has 4 nitrogen and oxygen atoms in total. The van der Waals surface area contributed by atoms with E-state index in [1.165, 1.54) is 10.4 Å². The van der Waals surface area contributed by atoms with E-state index in [9.17, 15) is 0 Å². The zero-order valence-electron chi connectivity index (χ0n) is 15.6. The molecule has 0 saturated carbocycles. The molecule has 0 spiro atoms. The molecule has 0 aliphatic rings. The molecular formula is C19H28IN3OS. The number of rotatable bonds is 6. The lowest BCUT2D eigenvalue weighted by atomic mass is 9.91. The highest BCUT2D eigenvalue weighted by molar-refractivity contribution is 14.0. The molecule has 0 unspecified atom stereocenters. The molecule has 0 radical (unpaired) electrons. The Morgan fingerprint density at radius 1 is 1.24 bits per heavy atom. The highest BCUT2D eigenvalue weighted by Gasteiger charge is 2.21. The SMILES string of the molecule is CN=C(NCc1ccc(OC)c(C)c1)NCC(C)(C)c1cccs1.I. The minimum absolute atomic E-state index is 0. The van der Waals surface area contributed by atoms with Gasteiger partial charge in [0.25, 0.3) is 0 Å². The van der Waals surface area contributed by atoms with Gasteiger partial charge in [-0.05, 0) is 35.6 Å². The summed E-state index contributed by atoms with van der Waals surface area (Å²) in [7, 11) is 3.49. The van der Waals surface area contributed by atoms with Crippen molar-refractivity contribution in [2.45, 2.75) is 32.7 Å². The number of ether oxygens (including phenoxy) is 1. The van der Waals surface area contributed by atoms with Crippen LogP contribution in [0.5, 0.6) is 5.75 Å². The molecule has 0 saturated heterocycles. The van der Waals surface area contributed by atoms with Gasteiger partial charge in [-0.15, -0.1) is 35.3 Å². The maximum Gasteiger partial charge on any atom is 0.191 e. The Morgan fingerprint density at radius 2 is 2.00 bits per heavy atom. The molecule has 6 heteroatoms. The number of guanidine groups is 1. The molecule has 0 aliphatic carbocycles. The zero-order valence-corrected chi connectivity index (χ0v) is 18.7. The molecule has 2 aromatic rings. The van der Waals surface area contributed by atoms with Gasteiger partial charge in [-0.3, -0.25) is 4.99 Å². The lowest BCUT2D eigenvalue weighted by Crippen LogP contribution is -2.42.